The molecule has 0 saturated carbocycles. The Balaban J connectivity index is 1.56. The Morgan fingerprint density at radius 2 is 1.68 bits per heavy atom. The fourth-order valence-electron chi connectivity index (χ4n) is 2.39. The summed E-state index contributed by atoms with van der Waals surface area (Å²) < 4.78 is 18.2. The van der Waals surface area contributed by atoms with Crippen LogP contribution in [0.2, 0.25) is 0 Å². The van der Waals surface area contributed by atoms with Crippen LogP contribution in [0.3, 0.4) is 0 Å². The van der Waals surface area contributed by atoms with Crippen molar-refractivity contribution in [2.75, 3.05) is 0 Å². The van der Waals surface area contributed by atoms with Gasteiger partial charge in [-0.2, -0.15) is 5.10 Å². The first-order chi connectivity index (χ1) is 13.5. The maximum Gasteiger partial charge on any atom is 0.343 e. The van der Waals surface area contributed by atoms with Crippen LogP contribution in [0.15, 0.2) is 77.9 Å². The van der Waals surface area contributed by atoms with Gasteiger partial charge in [0.15, 0.2) is 0 Å². The summed E-state index contributed by atoms with van der Waals surface area (Å²) in [5.41, 5.74) is 4.83. The molecule has 5 nitrogen and oxygen atoms in total. The molecule has 0 aromatic heterocycles. The highest BCUT2D eigenvalue weighted by atomic mass is 19.1. The molecule has 0 heterocycles. The lowest BCUT2D eigenvalue weighted by atomic mass is 10.1. The van der Waals surface area contributed by atoms with Gasteiger partial charge < -0.3 is 4.74 Å². The molecule has 3 rings (SSSR count). The van der Waals surface area contributed by atoms with Crippen LogP contribution in [-0.4, -0.2) is 18.1 Å². The molecule has 0 aliphatic rings. The van der Waals surface area contributed by atoms with Crippen LogP contribution < -0.4 is 10.2 Å². The number of hydrogen-bond acceptors (Lipinski definition) is 4. The lowest BCUT2D eigenvalue weighted by Gasteiger charge is -2.05. The third-order valence-corrected chi connectivity index (χ3v) is 3.83. The van der Waals surface area contributed by atoms with Gasteiger partial charge in [-0.25, -0.2) is 14.6 Å². The van der Waals surface area contributed by atoms with Gasteiger partial charge in [-0.05, 0) is 73.2 Å². The van der Waals surface area contributed by atoms with Gasteiger partial charge in [-0.1, -0.05) is 17.7 Å². The van der Waals surface area contributed by atoms with Crippen LogP contribution in [0.1, 0.15) is 31.8 Å². The Morgan fingerprint density at radius 3 is 2.36 bits per heavy atom. The van der Waals surface area contributed by atoms with E-state index >= 15 is 0 Å². The van der Waals surface area contributed by atoms with Gasteiger partial charge >= 0.3 is 5.97 Å². The van der Waals surface area contributed by atoms with Gasteiger partial charge in [0, 0.05) is 5.56 Å². The second kappa shape index (κ2) is 8.73. The van der Waals surface area contributed by atoms with Crippen LogP contribution in [0.5, 0.6) is 5.75 Å². The van der Waals surface area contributed by atoms with E-state index in [4.69, 9.17) is 4.74 Å². The minimum absolute atomic E-state index is 0.303. The zero-order chi connectivity index (χ0) is 19.9. The minimum Gasteiger partial charge on any atom is -0.423 e. The molecule has 0 spiro atoms. The number of halogens is 1. The lowest BCUT2D eigenvalue weighted by Crippen LogP contribution is -2.17. The van der Waals surface area contributed by atoms with Crippen LogP contribution >= 0.6 is 0 Å². The molecular weight excluding hydrogens is 359 g/mol. The van der Waals surface area contributed by atoms with Crippen LogP contribution in [0.4, 0.5) is 4.39 Å². The van der Waals surface area contributed by atoms with E-state index in [9.17, 15) is 14.0 Å². The summed E-state index contributed by atoms with van der Waals surface area (Å²) in [6.45, 7) is 1.90. The quantitative estimate of drug-likeness (QED) is 0.315. The molecule has 0 aliphatic carbocycles. The standard InChI is InChI=1S/C22H17FN2O3/c1-15-3-2-4-18(13-15)22(27)28-20-11-5-16(6-12-20)14-24-25-21(26)17-7-9-19(23)10-8-17/h2-14H,1H3,(H,25,26)/b24-14-. The molecule has 0 radical (unpaired) electrons. The number of rotatable bonds is 5. The second-order valence-electron chi connectivity index (χ2n) is 6.03. The predicted octanol–water partition coefficient (Wildman–Crippen LogP) is 4.12. The molecule has 0 unspecified atom stereocenters. The second-order valence-corrected chi connectivity index (χ2v) is 6.03. The number of ether oxygens (including phenoxy) is 1. The highest BCUT2D eigenvalue weighted by Crippen LogP contribution is 2.14. The Kier molecular flexibility index (Phi) is 5.91. The van der Waals surface area contributed by atoms with E-state index in [-0.39, 0.29) is 0 Å². The molecule has 0 atom stereocenters. The molecule has 3 aromatic rings. The molecule has 28 heavy (non-hydrogen) atoms. The molecule has 6 heteroatoms. The number of hydrazone groups is 1. The fraction of sp³-hybridized carbons (Fsp3) is 0.0455. The van der Waals surface area contributed by atoms with Gasteiger partial charge in [0.1, 0.15) is 11.6 Å². The molecule has 0 saturated heterocycles. The molecular formula is C22H17FN2O3. The van der Waals surface area contributed by atoms with E-state index in [1.54, 1.807) is 42.5 Å². The summed E-state index contributed by atoms with van der Waals surface area (Å²) in [6, 6.07) is 19.0. The molecule has 3 aromatic carbocycles. The third-order valence-electron chi connectivity index (χ3n) is 3.83. The van der Waals surface area contributed by atoms with Gasteiger partial charge in [0.25, 0.3) is 5.91 Å². The Hall–Kier alpha value is -3.80. The summed E-state index contributed by atoms with van der Waals surface area (Å²) in [4.78, 5) is 24.0. The number of nitrogens with one attached hydrogen (secondary N) is 1. The van der Waals surface area contributed by atoms with E-state index in [2.05, 4.69) is 10.5 Å². The first kappa shape index (κ1) is 19.0. The summed E-state index contributed by atoms with van der Waals surface area (Å²) in [5, 5.41) is 3.86. The van der Waals surface area contributed by atoms with Crippen molar-refractivity contribution in [3.63, 3.8) is 0 Å². The highest BCUT2D eigenvalue weighted by molar-refractivity contribution is 5.95. The summed E-state index contributed by atoms with van der Waals surface area (Å²) in [5.74, 6) is -0.890. The smallest absolute Gasteiger partial charge is 0.343 e. The number of esters is 1. The van der Waals surface area contributed by atoms with Crippen LogP contribution in [0, 0.1) is 12.7 Å². The molecule has 0 fully saturated rings. The maximum absolute atomic E-state index is 12.9. The Labute approximate surface area is 161 Å². The highest BCUT2D eigenvalue weighted by Gasteiger charge is 2.08. The van der Waals surface area contributed by atoms with Gasteiger partial charge in [-0.3, -0.25) is 4.79 Å². The van der Waals surface area contributed by atoms with Gasteiger partial charge in [-0.15, -0.1) is 0 Å². The topological polar surface area (TPSA) is 67.8 Å². The van der Waals surface area contributed by atoms with Crippen molar-refractivity contribution in [2.24, 2.45) is 5.10 Å². The van der Waals surface area contributed by atoms with Crippen molar-refractivity contribution in [3.8, 4) is 5.75 Å². The summed E-state index contributed by atoms with van der Waals surface area (Å²) >= 11 is 0. The largest absolute Gasteiger partial charge is 0.423 e. The minimum atomic E-state index is -0.444. The van der Waals surface area contributed by atoms with Crippen molar-refractivity contribution in [1.29, 1.82) is 0 Å². The average Bonchev–Trinajstić information content (AvgIpc) is 2.69. The number of nitrogens with zero attached hydrogens (tertiary/aromatic N) is 1. The monoisotopic (exact) mass is 376 g/mol. The average molecular weight is 376 g/mol. The van der Waals surface area contributed by atoms with Gasteiger partial charge in [0.05, 0.1) is 11.8 Å². The van der Waals surface area contributed by atoms with Crippen LogP contribution in [0.25, 0.3) is 0 Å². The first-order valence-corrected chi connectivity index (χ1v) is 8.49. The first-order valence-electron chi connectivity index (χ1n) is 8.49. The van der Waals surface area contributed by atoms with E-state index in [0.717, 1.165) is 5.56 Å². The number of carbonyl (C=O) groups is 2. The maximum atomic E-state index is 12.9. The van der Waals surface area contributed by atoms with Crippen molar-refractivity contribution in [2.45, 2.75) is 6.92 Å². The normalized spacial score (nSPS) is 10.6. The number of carbonyl (C=O) groups excluding carboxylic acids is 2. The SMILES string of the molecule is Cc1cccc(C(=O)Oc2ccc(/C=N\NC(=O)c3ccc(F)cc3)cc2)c1. The van der Waals surface area contributed by atoms with Crippen LogP contribution in [-0.2, 0) is 0 Å². The zero-order valence-electron chi connectivity index (χ0n) is 15.1. The number of benzene rings is 3. The van der Waals surface area contributed by atoms with Crippen molar-refractivity contribution >= 4 is 18.1 Å². The summed E-state index contributed by atoms with van der Waals surface area (Å²) in [7, 11) is 0. The van der Waals surface area contributed by atoms with E-state index in [0.29, 0.717) is 22.4 Å². The molecule has 0 aliphatic heterocycles. The fourth-order valence-corrected chi connectivity index (χ4v) is 2.39. The van der Waals surface area contributed by atoms with E-state index in [1.807, 2.05) is 13.0 Å². The Morgan fingerprint density at radius 1 is 0.964 bits per heavy atom. The van der Waals surface area contributed by atoms with E-state index < -0.39 is 17.7 Å². The zero-order valence-corrected chi connectivity index (χ0v) is 15.1. The Bertz CT molecular complexity index is 1010. The molecule has 140 valence electrons. The third kappa shape index (κ3) is 5.11. The number of amides is 1. The van der Waals surface area contributed by atoms with E-state index in [1.165, 1.54) is 30.5 Å². The predicted molar refractivity (Wildman–Crippen MR) is 104 cm³/mol. The van der Waals surface area contributed by atoms with Crippen molar-refractivity contribution < 1.29 is 18.7 Å². The van der Waals surface area contributed by atoms with Crippen molar-refractivity contribution in [3.05, 3.63) is 101 Å². The lowest BCUT2D eigenvalue weighted by molar-refractivity contribution is 0.0734. The summed E-state index contributed by atoms with van der Waals surface area (Å²) in [6.07, 6.45) is 1.45. The molecule has 1 N–H and O–H groups in total. The molecule has 0 bridgehead atoms. The number of hydrogen-bond donors (Lipinski definition) is 1. The van der Waals surface area contributed by atoms with Crippen molar-refractivity contribution in [1.82, 2.24) is 5.43 Å². The van der Waals surface area contributed by atoms with Gasteiger partial charge in [0.2, 0.25) is 0 Å². The molecule has 1 amide bonds. The number of aryl methyl sites for hydroxylation is 1.